The fourth-order valence-corrected chi connectivity index (χ4v) is 9.02. The topological polar surface area (TPSA) is 95.9 Å². The van der Waals surface area contributed by atoms with Gasteiger partial charge in [-0.15, -0.1) is 0 Å². The standard InChI is InChI=1S/C57H111NO5/c1-4-7-10-13-16-19-22-24-26-27-28-30-32-35-38-41-44-47-50-57(62)63-53(48-45-42-39-36-33-21-18-15-12-9-6-3)51-56(61)58-54(52-59)55(60)49-46-43-40-37-34-31-29-25-23-20-17-14-11-8-5-2/h36,39,53-55,59-60H,4-35,37-38,40-52H2,1-3H3,(H,58,61)/b39-36-. The molecule has 1 amide bonds. The van der Waals surface area contributed by atoms with Gasteiger partial charge in [-0.1, -0.05) is 270 Å². The highest BCUT2D eigenvalue weighted by Crippen LogP contribution is 2.18. The van der Waals surface area contributed by atoms with Crippen molar-refractivity contribution in [1.29, 1.82) is 0 Å². The first kappa shape index (κ1) is 61.6. The van der Waals surface area contributed by atoms with Crippen LogP contribution in [0.4, 0.5) is 0 Å². The summed E-state index contributed by atoms with van der Waals surface area (Å²) in [5.41, 5.74) is 0. The zero-order valence-electron chi connectivity index (χ0n) is 42.7. The minimum Gasteiger partial charge on any atom is -0.462 e. The van der Waals surface area contributed by atoms with E-state index >= 15 is 0 Å². The lowest BCUT2D eigenvalue weighted by Gasteiger charge is -2.24. The molecule has 63 heavy (non-hydrogen) atoms. The van der Waals surface area contributed by atoms with Crippen molar-refractivity contribution in [3.63, 3.8) is 0 Å². The van der Waals surface area contributed by atoms with Crippen LogP contribution in [0.2, 0.25) is 0 Å². The number of nitrogens with one attached hydrogen (secondary N) is 1. The van der Waals surface area contributed by atoms with Crippen molar-refractivity contribution in [3.05, 3.63) is 12.2 Å². The van der Waals surface area contributed by atoms with Gasteiger partial charge >= 0.3 is 5.97 Å². The van der Waals surface area contributed by atoms with Gasteiger partial charge in [0.15, 0.2) is 0 Å². The van der Waals surface area contributed by atoms with Crippen LogP contribution in [0.5, 0.6) is 0 Å². The molecule has 3 N–H and O–H groups in total. The van der Waals surface area contributed by atoms with Crippen molar-refractivity contribution >= 4 is 11.9 Å². The molecule has 0 aliphatic heterocycles. The third kappa shape index (κ3) is 46.9. The number of aliphatic hydroxyl groups is 2. The van der Waals surface area contributed by atoms with Gasteiger partial charge in [-0.3, -0.25) is 9.59 Å². The summed E-state index contributed by atoms with van der Waals surface area (Å²) in [6, 6.07) is -0.704. The second-order valence-corrected chi connectivity index (χ2v) is 19.7. The molecule has 0 aromatic rings. The number of aliphatic hydroxyl groups excluding tert-OH is 2. The smallest absolute Gasteiger partial charge is 0.306 e. The van der Waals surface area contributed by atoms with Crippen molar-refractivity contribution < 1.29 is 24.5 Å². The van der Waals surface area contributed by atoms with E-state index in [1.165, 1.54) is 218 Å². The van der Waals surface area contributed by atoms with E-state index in [4.69, 9.17) is 4.74 Å². The van der Waals surface area contributed by atoms with E-state index in [0.29, 0.717) is 19.3 Å². The van der Waals surface area contributed by atoms with Crippen LogP contribution in [-0.2, 0) is 14.3 Å². The Kier molecular flexibility index (Phi) is 50.4. The van der Waals surface area contributed by atoms with Crippen molar-refractivity contribution in [2.24, 2.45) is 0 Å². The van der Waals surface area contributed by atoms with E-state index in [1.54, 1.807) is 0 Å². The molecule has 0 radical (unpaired) electrons. The summed E-state index contributed by atoms with van der Waals surface area (Å²) in [5, 5.41) is 23.8. The normalized spacial score (nSPS) is 13.2. The van der Waals surface area contributed by atoms with Crippen LogP contribution in [0.25, 0.3) is 0 Å². The molecule has 0 spiro atoms. The van der Waals surface area contributed by atoms with Gasteiger partial charge in [-0.25, -0.2) is 0 Å². The first-order valence-electron chi connectivity index (χ1n) is 28.4. The van der Waals surface area contributed by atoms with Gasteiger partial charge in [0.25, 0.3) is 0 Å². The lowest BCUT2D eigenvalue weighted by atomic mass is 10.0. The predicted octanol–water partition coefficient (Wildman–Crippen LogP) is 17.3. The highest BCUT2D eigenvalue weighted by Gasteiger charge is 2.24. The van der Waals surface area contributed by atoms with Crippen molar-refractivity contribution in [3.8, 4) is 0 Å². The average Bonchev–Trinajstić information content (AvgIpc) is 3.28. The Morgan fingerprint density at radius 2 is 0.778 bits per heavy atom. The summed E-state index contributed by atoms with van der Waals surface area (Å²) >= 11 is 0. The number of esters is 1. The molecular weight excluding hydrogens is 779 g/mol. The molecule has 3 atom stereocenters. The summed E-state index contributed by atoms with van der Waals surface area (Å²) in [6.45, 7) is 6.51. The van der Waals surface area contributed by atoms with Gasteiger partial charge < -0.3 is 20.3 Å². The molecular formula is C57H111NO5. The predicted molar refractivity (Wildman–Crippen MR) is 273 cm³/mol. The summed E-state index contributed by atoms with van der Waals surface area (Å²) < 4.78 is 5.93. The molecule has 0 bridgehead atoms. The van der Waals surface area contributed by atoms with E-state index in [-0.39, 0.29) is 24.9 Å². The Balaban J connectivity index is 4.44. The van der Waals surface area contributed by atoms with E-state index in [0.717, 1.165) is 51.4 Å². The molecule has 0 aliphatic rings. The Morgan fingerprint density at radius 1 is 0.444 bits per heavy atom. The van der Waals surface area contributed by atoms with Crippen LogP contribution >= 0.6 is 0 Å². The second kappa shape index (κ2) is 51.6. The van der Waals surface area contributed by atoms with Crippen molar-refractivity contribution in [2.75, 3.05) is 6.61 Å². The quantitative estimate of drug-likeness (QED) is 0.0321. The van der Waals surface area contributed by atoms with Crippen LogP contribution in [-0.4, -0.2) is 46.9 Å². The van der Waals surface area contributed by atoms with E-state index in [2.05, 4.69) is 38.2 Å². The van der Waals surface area contributed by atoms with Crippen LogP contribution < -0.4 is 5.32 Å². The third-order valence-corrected chi connectivity index (χ3v) is 13.3. The molecule has 0 saturated carbocycles. The van der Waals surface area contributed by atoms with Crippen LogP contribution in [0.3, 0.4) is 0 Å². The van der Waals surface area contributed by atoms with Crippen LogP contribution in [0.15, 0.2) is 12.2 Å². The summed E-state index contributed by atoms with van der Waals surface area (Å²) in [4.78, 5) is 26.2. The van der Waals surface area contributed by atoms with Crippen molar-refractivity contribution in [2.45, 2.75) is 334 Å². The molecule has 0 rings (SSSR count). The van der Waals surface area contributed by atoms with Crippen molar-refractivity contribution in [1.82, 2.24) is 5.32 Å². The van der Waals surface area contributed by atoms with Crippen LogP contribution in [0, 0.1) is 0 Å². The zero-order chi connectivity index (χ0) is 45.9. The number of hydrogen-bond donors (Lipinski definition) is 3. The molecule has 0 heterocycles. The van der Waals surface area contributed by atoms with Gasteiger partial charge in [0.05, 0.1) is 25.2 Å². The highest BCUT2D eigenvalue weighted by atomic mass is 16.5. The monoisotopic (exact) mass is 890 g/mol. The summed E-state index contributed by atoms with van der Waals surface area (Å²) in [5.74, 6) is -0.482. The molecule has 374 valence electrons. The Labute approximate surface area is 393 Å². The Hall–Kier alpha value is -1.40. The number of rotatable bonds is 52. The number of amides is 1. The number of allylic oxidation sites excluding steroid dienone is 2. The minimum atomic E-state index is -0.789. The van der Waals surface area contributed by atoms with Gasteiger partial charge in [0, 0.05) is 6.42 Å². The zero-order valence-corrected chi connectivity index (χ0v) is 42.7. The van der Waals surface area contributed by atoms with Gasteiger partial charge in [0.2, 0.25) is 5.91 Å². The van der Waals surface area contributed by atoms with E-state index in [9.17, 15) is 19.8 Å². The molecule has 0 aromatic heterocycles. The first-order valence-corrected chi connectivity index (χ1v) is 28.4. The van der Waals surface area contributed by atoms with Gasteiger partial charge in [0.1, 0.15) is 6.10 Å². The fraction of sp³-hybridized carbons (Fsp3) is 0.930. The molecule has 0 saturated heterocycles. The number of carbonyl (C=O) groups is 2. The minimum absolute atomic E-state index is 0.0640. The lowest BCUT2D eigenvalue weighted by molar-refractivity contribution is -0.151. The fourth-order valence-electron chi connectivity index (χ4n) is 9.02. The lowest BCUT2D eigenvalue weighted by Crippen LogP contribution is -2.46. The molecule has 0 aliphatic carbocycles. The maximum Gasteiger partial charge on any atom is 0.306 e. The largest absolute Gasteiger partial charge is 0.462 e. The van der Waals surface area contributed by atoms with E-state index < -0.39 is 18.2 Å². The first-order chi connectivity index (χ1) is 31.0. The molecule has 0 aromatic carbocycles. The molecule has 6 heteroatoms. The van der Waals surface area contributed by atoms with Crippen LogP contribution in [0.1, 0.15) is 316 Å². The summed E-state index contributed by atoms with van der Waals surface area (Å²) in [7, 11) is 0. The maximum absolute atomic E-state index is 13.2. The SMILES string of the molecule is CCCCCCCC/C=C\CCCC(CC(=O)NC(CO)C(O)CCCCCCCCCCCCCCCCC)OC(=O)CCCCCCCCCCCCCCCCCCCC. The average molecular weight is 891 g/mol. The number of hydrogen-bond acceptors (Lipinski definition) is 5. The van der Waals surface area contributed by atoms with E-state index in [1.807, 2.05) is 0 Å². The molecule has 0 fully saturated rings. The number of carbonyl (C=O) groups excluding carboxylic acids is 2. The molecule has 6 nitrogen and oxygen atoms in total. The third-order valence-electron chi connectivity index (χ3n) is 13.3. The van der Waals surface area contributed by atoms with Gasteiger partial charge in [-0.05, 0) is 44.9 Å². The maximum atomic E-state index is 13.2. The Morgan fingerprint density at radius 3 is 1.16 bits per heavy atom. The number of ether oxygens (including phenoxy) is 1. The molecule has 3 unspecified atom stereocenters. The highest BCUT2D eigenvalue weighted by molar-refractivity contribution is 5.77. The Bertz CT molecular complexity index is 955. The number of unbranched alkanes of at least 4 members (excludes halogenated alkanes) is 38. The van der Waals surface area contributed by atoms with Gasteiger partial charge in [-0.2, -0.15) is 0 Å². The second-order valence-electron chi connectivity index (χ2n) is 19.7. The summed E-state index contributed by atoms with van der Waals surface area (Å²) in [6.07, 6.45) is 58.6.